The zero-order valence-electron chi connectivity index (χ0n) is 11.0. The third-order valence-corrected chi connectivity index (χ3v) is 4.25. The van der Waals surface area contributed by atoms with Gasteiger partial charge in [0.2, 0.25) is 0 Å². The minimum absolute atomic E-state index is 0.142. The van der Waals surface area contributed by atoms with Crippen LogP contribution in [0.2, 0.25) is 0 Å². The molecule has 0 saturated carbocycles. The summed E-state index contributed by atoms with van der Waals surface area (Å²) in [5.74, 6) is -3.28. The molecule has 0 unspecified atom stereocenters. The van der Waals surface area contributed by atoms with Crippen LogP contribution in [0.3, 0.4) is 0 Å². The molecule has 2 N–H and O–H groups in total. The first-order chi connectivity index (χ1) is 9.67. The van der Waals surface area contributed by atoms with Crippen LogP contribution in [0.4, 0.5) is 0 Å². The number of aliphatic hydroxyl groups excluding tert-OH is 1. The molecule has 0 aliphatic carbocycles. The van der Waals surface area contributed by atoms with E-state index in [-0.39, 0.29) is 13.0 Å². The molecule has 1 saturated heterocycles. The van der Waals surface area contributed by atoms with Crippen molar-refractivity contribution in [3.8, 4) is 0 Å². The highest BCUT2D eigenvalue weighted by atomic mass is 33.1. The van der Waals surface area contributed by atoms with Crippen molar-refractivity contribution in [2.75, 3.05) is 6.61 Å². The van der Waals surface area contributed by atoms with Gasteiger partial charge in [-0.25, -0.2) is 4.79 Å². The fraction of sp³-hybridized carbons (Fsp3) is 0.600. The summed E-state index contributed by atoms with van der Waals surface area (Å²) in [6.07, 6.45) is -0.896. The zero-order chi connectivity index (χ0) is 15.8. The van der Waals surface area contributed by atoms with E-state index < -0.39 is 35.5 Å². The molecule has 11 heteroatoms. The molecule has 3 atom stereocenters. The van der Waals surface area contributed by atoms with Crippen LogP contribution in [0.25, 0.3) is 0 Å². The molecule has 118 valence electrons. The fourth-order valence-corrected chi connectivity index (χ4v) is 2.75. The van der Waals surface area contributed by atoms with Crippen molar-refractivity contribution in [3.63, 3.8) is 0 Å². The predicted octanol–water partition coefficient (Wildman–Crippen LogP) is 0.478. The number of hydrogen-bond acceptors (Lipinski definition) is 6. The molecule has 1 aliphatic rings. The number of nitrogens with zero attached hydrogens (tertiary/aromatic N) is 1. The minimum atomic E-state index is -3.28. The summed E-state index contributed by atoms with van der Waals surface area (Å²) in [4.78, 5) is 25.2. The summed E-state index contributed by atoms with van der Waals surface area (Å²) in [6.45, 7) is 1.39. The lowest BCUT2D eigenvalue weighted by Crippen LogP contribution is -2.33. The fourth-order valence-electron chi connectivity index (χ4n) is 2.01. The first-order valence-electron chi connectivity index (χ1n) is 6.03. The van der Waals surface area contributed by atoms with Crippen LogP contribution in [-0.4, -0.2) is 33.5 Å². The highest BCUT2D eigenvalue weighted by Gasteiger charge is 2.36. The van der Waals surface area contributed by atoms with Gasteiger partial charge < -0.3 is 14.4 Å². The number of aromatic amines is 1. The van der Waals surface area contributed by atoms with Gasteiger partial charge in [0, 0.05) is 18.2 Å². The van der Waals surface area contributed by atoms with Crippen molar-refractivity contribution < 1.29 is 18.9 Å². The Bertz CT molecular complexity index is 683. The average molecular weight is 354 g/mol. The number of nitrogens with one attached hydrogen (secondary N) is 1. The Morgan fingerprint density at radius 3 is 2.86 bits per heavy atom. The van der Waals surface area contributed by atoms with E-state index in [1.54, 1.807) is 6.92 Å². The molecule has 0 aromatic carbocycles. The summed E-state index contributed by atoms with van der Waals surface area (Å²) in [5, 5.41) is 9.90. The van der Waals surface area contributed by atoms with Crippen molar-refractivity contribution >= 4 is 30.3 Å². The number of hydrogen-bond donors (Lipinski definition) is 4. The van der Waals surface area contributed by atoms with Gasteiger partial charge in [-0.3, -0.25) is 18.9 Å². The number of aryl methyl sites for hydroxylation is 1. The van der Waals surface area contributed by atoms with Gasteiger partial charge in [0.1, 0.15) is 12.3 Å². The largest absolute Gasteiger partial charge is 0.390 e. The van der Waals surface area contributed by atoms with Gasteiger partial charge in [-0.1, -0.05) is 24.5 Å². The highest BCUT2D eigenvalue weighted by Crippen LogP contribution is 2.56. The molecule has 1 aromatic rings. The maximum Gasteiger partial charge on any atom is 0.330 e. The van der Waals surface area contributed by atoms with Gasteiger partial charge in [-0.2, -0.15) is 0 Å². The number of aromatic nitrogens is 2. The molecule has 1 aliphatic heterocycles. The molecule has 2 rings (SSSR count). The summed E-state index contributed by atoms with van der Waals surface area (Å²) < 4.78 is 22.8. The second-order valence-corrected chi connectivity index (χ2v) is 10.0. The van der Waals surface area contributed by atoms with Crippen LogP contribution in [-0.2, 0) is 13.8 Å². The first kappa shape index (κ1) is 16.9. The van der Waals surface area contributed by atoms with Crippen LogP contribution in [0.5, 0.6) is 0 Å². The third-order valence-electron chi connectivity index (χ3n) is 3.07. The molecule has 1 fully saturated rings. The van der Waals surface area contributed by atoms with Crippen LogP contribution >= 0.6 is 30.3 Å². The number of thiol groups is 2. The van der Waals surface area contributed by atoms with Crippen molar-refractivity contribution in [2.45, 2.75) is 31.8 Å². The lowest BCUT2D eigenvalue weighted by Gasteiger charge is -2.17. The van der Waals surface area contributed by atoms with Crippen LogP contribution in [0.1, 0.15) is 18.2 Å². The van der Waals surface area contributed by atoms with E-state index in [9.17, 15) is 19.3 Å². The standard InChI is InChI=1S/C10H15N2O6PS2/c1-5-3-12(10(15)11-9(5)14)8-2-6(13)7(18-8)4-17-19(16,20)21/h3,6-8,13H,2,4H2,1H3,(H,11,14,15)(H2,16,20,21)/t6-,7+,8-/m1/s1. The lowest BCUT2D eigenvalue weighted by atomic mass is 10.2. The van der Waals surface area contributed by atoms with Crippen molar-refractivity contribution in [3.05, 3.63) is 32.6 Å². The number of ether oxygens (including phenoxy) is 1. The smallest absolute Gasteiger partial charge is 0.330 e. The van der Waals surface area contributed by atoms with Crippen molar-refractivity contribution in [1.82, 2.24) is 9.55 Å². The summed E-state index contributed by atoms with van der Waals surface area (Å²) in [7, 11) is 0. The van der Waals surface area contributed by atoms with Crippen molar-refractivity contribution in [2.24, 2.45) is 0 Å². The molecule has 8 nitrogen and oxygen atoms in total. The molecule has 0 radical (unpaired) electrons. The molecular weight excluding hydrogens is 339 g/mol. The molecule has 0 spiro atoms. The predicted molar refractivity (Wildman–Crippen MR) is 82.1 cm³/mol. The zero-order valence-corrected chi connectivity index (χ0v) is 13.7. The molecule has 21 heavy (non-hydrogen) atoms. The molecule has 1 aromatic heterocycles. The second-order valence-electron chi connectivity index (χ2n) is 4.70. The third kappa shape index (κ3) is 4.24. The van der Waals surface area contributed by atoms with Crippen LogP contribution in [0.15, 0.2) is 15.8 Å². The monoisotopic (exact) mass is 354 g/mol. The van der Waals surface area contributed by atoms with Gasteiger partial charge in [-0.15, -0.1) is 0 Å². The normalized spacial score (nSPS) is 26.2. The van der Waals surface area contributed by atoms with Crippen LogP contribution in [0, 0.1) is 6.92 Å². The Balaban J connectivity index is 2.14. The van der Waals surface area contributed by atoms with E-state index in [1.165, 1.54) is 10.8 Å². The Morgan fingerprint density at radius 2 is 2.24 bits per heavy atom. The molecule has 0 amide bonds. The van der Waals surface area contributed by atoms with Gasteiger partial charge in [0.15, 0.2) is 0 Å². The number of H-pyrrole nitrogens is 1. The van der Waals surface area contributed by atoms with E-state index in [2.05, 4.69) is 29.5 Å². The Morgan fingerprint density at radius 1 is 1.57 bits per heavy atom. The molecule has 2 heterocycles. The Labute approximate surface area is 130 Å². The minimum Gasteiger partial charge on any atom is -0.390 e. The maximum atomic E-state index is 11.8. The van der Waals surface area contributed by atoms with E-state index in [1.807, 2.05) is 0 Å². The second kappa shape index (κ2) is 6.31. The van der Waals surface area contributed by atoms with E-state index in [0.717, 1.165) is 0 Å². The van der Waals surface area contributed by atoms with E-state index in [0.29, 0.717) is 5.56 Å². The first-order valence-corrected chi connectivity index (χ1v) is 9.96. The highest BCUT2D eigenvalue weighted by molar-refractivity contribution is 8.79. The summed E-state index contributed by atoms with van der Waals surface area (Å²) in [6, 6.07) is 0. The Kier molecular flexibility index (Phi) is 5.07. The van der Waals surface area contributed by atoms with E-state index in [4.69, 9.17) is 9.26 Å². The maximum absolute atomic E-state index is 11.8. The topological polar surface area (TPSA) is 111 Å². The summed E-state index contributed by atoms with van der Waals surface area (Å²) >= 11 is 7.31. The van der Waals surface area contributed by atoms with E-state index >= 15 is 0 Å². The summed E-state index contributed by atoms with van der Waals surface area (Å²) in [5.41, 5.74) is -0.748. The Hall–Kier alpha value is -0.510. The van der Waals surface area contributed by atoms with Gasteiger partial charge in [0.25, 0.3) is 5.56 Å². The van der Waals surface area contributed by atoms with Gasteiger partial charge in [-0.05, 0) is 6.92 Å². The van der Waals surface area contributed by atoms with Gasteiger partial charge >= 0.3 is 11.5 Å². The quantitative estimate of drug-likeness (QED) is 0.462. The van der Waals surface area contributed by atoms with Crippen molar-refractivity contribution in [1.29, 1.82) is 0 Å². The molecule has 0 bridgehead atoms. The lowest BCUT2D eigenvalue weighted by molar-refractivity contribution is -0.0395. The SMILES string of the molecule is Cc1cn([C@H]2C[C@@H](O)[C@H](COP(=O)(S)S)O2)c(=O)[nH]c1=O. The number of aliphatic hydroxyl groups is 1. The number of rotatable bonds is 4. The van der Waals surface area contributed by atoms with Crippen LogP contribution < -0.4 is 11.2 Å². The molecular formula is C10H15N2O6PS2. The average Bonchev–Trinajstić information content (AvgIpc) is 2.72. The van der Waals surface area contributed by atoms with Gasteiger partial charge in [0.05, 0.1) is 12.7 Å².